The van der Waals surface area contributed by atoms with Crippen molar-refractivity contribution in [2.45, 2.75) is 6.92 Å². The fourth-order valence-electron chi connectivity index (χ4n) is 0.832. The van der Waals surface area contributed by atoms with Gasteiger partial charge in [-0.2, -0.15) is 0 Å². The van der Waals surface area contributed by atoms with Crippen molar-refractivity contribution in [1.29, 1.82) is 0 Å². The van der Waals surface area contributed by atoms with E-state index in [1.807, 2.05) is 0 Å². The monoisotopic (exact) mass is 187 g/mol. The molecule has 1 aromatic rings. The number of nitrogens with two attached hydrogens (primary N) is 1. The van der Waals surface area contributed by atoms with E-state index < -0.39 is 5.82 Å². The van der Waals surface area contributed by atoms with Crippen molar-refractivity contribution < 1.29 is 9.18 Å². The highest BCUT2D eigenvalue weighted by Gasteiger charge is 2.09. The van der Waals surface area contributed by atoms with Crippen LogP contribution in [0.25, 0.3) is 0 Å². The Morgan fingerprint density at radius 3 is 2.67 bits per heavy atom. The van der Waals surface area contributed by atoms with Crippen molar-refractivity contribution in [2.75, 3.05) is 5.73 Å². The lowest BCUT2D eigenvalue weighted by atomic mass is 10.1. The zero-order chi connectivity index (χ0) is 9.30. The van der Waals surface area contributed by atoms with E-state index in [0.29, 0.717) is 0 Å². The molecule has 2 N–H and O–H groups in total. The summed E-state index contributed by atoms with van der Waals surface area (Å²) >= 11 is 5.59. The summed E-state index contributed by atoms with van der Waals surface area (Å²) in [5, 5.41) is 0.196. The number of benzene rings is 1. The summed E-state index contributed by atoms with van der Waals surface area (Å²) in [6.07, 6.45) is 0. The topological polar surface area (TPSA) is 43.1 Å². The highest BCUT2D eigenvalue weighted by atomic mass is 35.5. The SMILES string of the molecule is CC(=O)c1cc(Cl)c(N)cc1F. The molecule has 0 heterocycles. The Morgan fingerprint density at radius 2 is 2.17 bits per heavy atom. The first-order valence-corrected chi connectivity index (χ1v) is 3.65. The molecule has 0 aliphatic heterocycles. The van der Waals surface area contributed by atoms with Crippen molar-refractivity contribution in [1.82, 2.24) is 0 Å². The minimum atomic E-state index is -0.635. The molecule has 0 bridgehead atoms. The summed E-state index contributed by atoms with van der Waals surface area (Å²) < 4.78 is 12.9. The van der Waals surface area contributed by atoms with Gasteiger partial charge in [-0.25, -0.2) is 4.39 Å². The normalized spacial score (nSPS) is 9.92. The van der Waals surface area contributed by atoms with Crippen LogP contribution in [0.3, 0.4) is 0 Å². The van der Waals surface area contributed by atoms with Gasteiger partial charge in [-0.15, -0.1) is 0 Å². The number of anilines is 1. The van der Waals surface area contributed by atoms with Crippen LogP contribution in [-0.2, 0) is 0 Å². The van der Waals surface area contributed by atoms with Crippen LogP contribution in [0.15, 0.2) is 12.1 Å². The Morgan fingerprint density at radius 1 is 1.58 bits per heavy atom. The third kappa shape index (κ3) is 1.56. The van der Waals surface area contributed by atoms with Gasteiger partial charge in [-0.3, -0.25) is 4.79 Å². The molecule has 0 aliphatic rings. The van der Waals surface area contributed by atoms with Gasteiger partial charge in [0.2, 0.25) is 0 Å². The average molecular weight is 188 g/mol. The first kappa shape index (κ1) is 9.00. The highest BCUT2D eigenvalue weighted by molar-refractivity contribution is 6.33. The Kier molecular flexibility index (Phi) is 2.33. The van der Waals surface area contributed by atoms with Crippen LogP contribution in [-0.4, -0.2) is 5.78 Å². The number of carbonyl (C=O) groups excluding carboxylic acids is 1. The number of halogens is 2. The summed E-state index contributed by atoms with van der Waals surface area (Å²) in [5.41, 5.74) is 5.41. The number of hydrogen-bond donors (Lipinski definition) is 1. The fraction of sp³-hybridized carbons (Fsp3) is 0.125. The number of nitrogen functional groups attached to an aromatic ring is 1. The van der Waals surface area contributed by atoms with Crippen molar-refractivity contribution in [3.63, 3.8) is 0 Å². The van der Waals surface area contributed by atoms with E-state index in [-0.39, 0.29) is 22.1 Å². The number of Topliss-reactive ketones (excluding diaryl/α,β-unsaturated/α-hetero) is 1. The van der Waals surface area contributed by atoms with Gasteiger partial charge >= 0.3 is 0 Å². The summed E-state index contributed by atoms with van der Waals surface area (Å²) in [6.45, 7) is 1.27. The molecule has 0 amide bonds. The standard InChI is InChI=1S/C8H7ClFNO/c1-4(12)5-2-6(9)8(11)3-7(5)10/h2-3H,11H2,1H3. The van der Waals surface area contributed by atoms with Gasteiger partial charge < -0.3 is 5.73 Å². The Labute approximate surface area is 74.1 Å². The maximum Gasteiger partial charge on any atom is 0.162 e. The van der Waals surface area contributed by atoms with Gasteiger partial charge in [0.25, 0.3) is 0 Å². The molecule has 0 saturated heterocycles. The van der Waals surface area contributed by atoms with E-state index in [1.165, 1.54) is 13.0 Å². The van der Waals surface area contributed by atoms with E-state index in [4.69, 9.17) is 17.3 Å². The lowest BCUT2D eigenvalue weighted by molar-refractivity contribution is 0.101. The lowest BCUT2D eigenvalue weighted by Gasteiger charge is -2.01. The van der Waals surface area contributed by atoms with Crippen LogP contribution in [0.5, 0.6) is 0 Å². The fourth-order valence-corrected chi connectivity index (χ4v) is 0.996. The molecule has 1 rings (SSSR count). The van der Waals surface area contributed by atoms with E-state index in [1.54, 1.807) is 0 Å². The first-order chi connectivity index (χ1) is 5.52. The summed E-state index contributed by atoms with van der Waals surface area (Å²) in [7, 11) is 0. The number of rotatable bonds is 1. The van der Waals surface area contributed by atoms with Gasteiger partial charge in [-0.1, -0.05) is 11.6 Å². The summed E-state index contributed by atoms with van der Waals surface area (Å²) in [6, 6.07) is 2.27. The highest BCUT2D eigenvalue weighted by Crippen LogP contribution is 2.22. The first-order valence-electron chi connectivity index (χ1n) is 3.28. The molecule has 0 spiro atoms. The van der Waals surface area contributed by atoms with Crippen LogP contribution in [0.2, 0.25) is 5.02 Å². The molecular weight excluding hydrogens is 181 g/mol. The largest absolute Gasteiger partial charge is 0.397 e. The average Bonchev–Trinajstić information content (AvgIpc) is 1.96. The van der Waals surface area contributed by atoms with Crippen LogP contribution >= 0.6 is 11.6 Å². The molecule has 0 fully saturated rings. The molecular formula is C8H7ClFNO. The Hall–Kier alpha value is -1.09. The molecule has 0 saturated carbocycles. The molecule has 1 aromatic carbocycles. The van der Waals surface area contributed by atoms with Crippen LogP contribution < -0.4 is 5.73 Å². The second kappa shape index (κ2) is 3.11. The predicted molar refractivity (Wildman–Crippen MR) is 45.8 cm³/mol. The minimum absolute atomic E-state index is 0.0331. The molecule has 2 nitrogen and oxygen atoms in total. The lowest BCUT2D eigenvalue weighted by Crippen LogP contribution is -1.99. The third-order valence-corrected chi connectivity index (χ3v) is 1.79. The zero-order valence-corrected chi connectivity index (χ0v) is 7.15. The van der Waals surface area contributed by atoms with Crippen LogP contribution in [0.1, 0.15) is 17.3 Å². The van der Waals surface area contributed by atoms with Gasteiger partial charge in [0, 0.05) is 0 Å². The molecule has 0 radical (unpaired) electrons. The number of carbonyl (C=O) groups is 1. The van der Waals surface area contributed by atoms with Crippen molar-refractivity contribution in [3.05, 3.63) is 28.5 Å². The summed E-state index contributed by atoms with van der Waals surface area (Å²) in [4.78, 5) is 10.8. The van der Waals surface area contributed by atoms with Gasteiger partial charge in [-0.05, 0) is 19.1 Å². The molecule has 4 heteroatoms. The van der Waals surface area contributed by atoms with Gasteiger partial charge in [0.15, 0.2) is 5.78 Å². The van der Waals surface area contributed by atoms with Gasteiger partial charge in [0.05, 0.1) is 16.3 Å². The Balaban J connectivity index is 3.33. The quantitative estimate of drug-likeness (QED) is 0.541. The molecule has 0 aromatic heterocycles. The Bertz CT molecular complexity index is 338. The van der Waals surface area contributed by atoms with Crippen LogP contribution in [0.4, 0.5) is 10.1 Å². The maximum atomic E-state index is 12.9. The summed E-state index contributed by atoms with van der Waals surface area (Å²) in [5.74, 6) is -1.00. The minimum Gasteiger partial charge on any atom is -0.397 e. The zero-order valence-electron chi connectivity index (χ0n) is 6.40. The van der Waals surface area contributed by atoms with E-state index in [2.05, 4.69) is 0 Å². The second-order valence-electron chi connectivity index (χ2n) is 2.41. The molecule has 64 valence electrons. The smallest absolute Gasteiger partial charge is 0.162 e. The van der Waals surface area contributed by atoms with E-state index >= 15 is 0 Å². The molecule has 0 atom stereocenters. The number of ketones is 1. The number of hydrogen-bond acceptors (Lipinski definition) is 2. The van der Waals surface area contributed by atoms with Crippen molar-refractivity contribution in [3.8, 4) is 0 Å². The molecule has 0 unspecified atom stereocenters. The van der Waals surface area contributed by atoms with E-state index in [9.17, 15) is 9.18 Å². The van der Waals surface area contributed by atoms with E-state index in [0.717, 1.165) is 6.07 Å². The van der Waals surface area contributed by atoms with Crippen molar-refractivity contribution >= 4 is 23.1 Å². The second-order valence-corrected chi connectivity index (χ2v) is 2.82. The third-order valence-electron chi connectivity index (χ3n) is 1.47. The van der Waals surface area contributed by atoms with Gasteiger partial charge in [0.1, 0.15) is 5.82 Å². The molecule has 12 heavy (non-hydrogen) atoms. The molecule has 0 aliphatic carbocycles. The maximum absolute atomic E-state index is 12.9. The predicted octanol–water partition coefficient (Wildman–Crippen LogP) is 2.26. The van der Waals surface area contributed by atoms with Crippen molar-refractivity contribution in [2.24, 2.45) is 0 Å². The van der Waals surface area contributed by atoms with Crippen LogP contribution in [0, 0.1) is 5.82 Å².